The molecule has 0 aliphatic rings. The summed E-state index contributed by atoms with van der Waals surface area (Å²) in [7, 11) is 0. The van der Waals surface area contributed by atoms with Crippen molar-refractivity contribution in [2.45, 2.75) is 12.2 Å². The average Bonchev–Trinajstić information content (AvgIpc) is 2.00. The SMILES string of the molecule is O=C([C@H](O)CO)[13C@@H](O)CO. The van der Waals surface area contributed by atoms with Crippen molar-refractivity contribution in [2.24, 2.45) is 0 Å². The van der Waals surface area contributed by atoms with Gasteiger partial charge in [-0.15, -0.1) is 0 Å². The highest BCUT2D eigenvalue weighted by atomic mass is 16.4. The number of ketones is 1. The van der Waals surface area contributed by atoms with E-state index in [0.717, 1.165) is 0 Å². The molecule has 0 rings (SSSR count). The second-order valence-electron chi connectivity index (χ2n) is 1.80. The van der Waals surface area contributed by atoms with Crippen LogP contribution >= 0.6 is 0 Å². The number of rotatable bonds is 4. The molecule has 5 nitrogen and oxygen atoms in total. The molecule has 0 spiro atoms. The van der Waals surface area contributed by atoms with E-state index in [-0.39, 0.29) is 0 Å². The number of Topliss-reactive ketones (excluding diaryl/α,β-unsaturated/α-hetero) is 1. The van der Waals surface area contributed by atoms with E-state index in [4.69, 9.17) is 20.4 Å². The minimum atomic E-state index is -1.60. The van der Waals surface area contributed by atoms with Crippen LogP contribution in [0.5, 0.6) is 0 Å². The van der Waals surface area contributed by atoms with Gasteiger partial charge in [0.2, 0.25) is 0 Å². The number of hydrogen-bond acceptors (Lipinski definition) is 5. The van der Waals surface area contributed by atoms with E-state index in [1.807, 2.05) is 0 Å². The Labute approximate surface area is 57.5 Å². The lowest BCUT2D eigenvalue weighted by Gasteiger charge is -2.08. The van der Waals surface area contributed by atoms with Gasteiger partial charge in [0.15, 0.2) is 5.78 Å². The summed E-state index contributed by atoms with van der Waals surface area (Å²) in [6.07, 6.45) is -3.19. The lowest BCUT2D eigenvalue weighted by molar-refractivity contribution is -0.139. The lowest BCUT2D eigenvalue weighted by atomic mass is 10.3. The van der Waals surface area contributed by atoms with Gasteiger partial charge in [0.25, 0.3) is 0 Å². The van der Waals surface area contributed by atoms with E-state index >= 15 is 0 Å². The minimum absolute atomic E-state index is 0.740. The lowest BCUT2D eigenvalue weighted by Crippen LogP contribution is -2.36. The van der Waals surface area contributed by atoms with Crippen molar-refractivity contribution in [3.05, 3.63) is 0 Å². The fourth-order valence-electron chi connectivity index (χ4n) is 0.402. The van der Waals surface area contributed by atoms with Gasteiger partial charge in [0.05, 0.1) is 13.2 Å². The summed E-state index contributed by atoms with van der Waals surface area (Å²) in [4.78, 5) is 10.5. The molecule has 0 amide bonds. The average molecular weight is 151 g/mol. The molecular formula is C5H10O5. The Bertz CT molecular complexity index is 101. The van der Waals surface area contributed by atoms with Gasteiger partial charge in [-0.25, -0.2) is 0 Å². The van der Waals surface area contributed by atoms with Gasteiger partial charge < -0.3 is 20.4 Å². The van der Waals surface area contributed by atoms with Gasteiger partial charge in [-0.2, -0.15) is 0 Å². The molecule has 0 bridgehead atoms. The van der Waals surface area contributed by atoms with Crippen molar-refractivity contribution in [2.75, 3.05) is 13.2 Å². The van der Waals surface area contributed by atoms with E-state index in [1.54, 1.807) is 0 Å². The minimum Gasteiger partial charge on any atom is -0.393 e. The summed E-state index contributed by atoms with van der Waals surface area (Å²) in [5.41, 5.74) is 0. The Morgan fingerprint density at radius 3 is 1.60 bits per heavy atom. The zero-order valence-electron chi connectivity index (χ0n) is 5.27. The topological polar surface area (TPSA) is 98.0 Å². The highest BCUT2D eigenvalue weighted by Crippen LogP contribution is 1.90. The fraction of sp³-hybridized carbons (Fsp3) is 0.800. The van der Waals surface area contributed by atoms with Gasteiger partial charge >= 0.3 is 0 Å². The molecule has 0 unspecified atom stereocenters. The quantitative estimate of drug-likeness (QED) is 0.327. The van der Waals surface area contributed by atoms with Crippen molar-refractivity contribution in [1.29, 1.82) is 0 Å². The smallest absolute Gasteiger partial charge is 0.194 e. The second-order valence-corrected chi connectivity index (χ2v) is 1.80. The maximum atomic E-state index is 10.5. The monoisotopic (exact) mass is 151 g/mol. The van der Waals surface area contributed by atoms with Crippen molar-refractivity contribution < 1.29 is 25.2 Å². The van der Waals surface area contributed by atoms with Crippen molar-refractivity contribution in [3.63, 3.8) is 0 Å². The van der Waals surface area contributed by atoms with Crippen molar-refractivity contribution >= 4 is 5.78 Å². The standard InChI is InChI=1S/C5H10O5/c6-1-3(8)5(10)4(9)2-7/h3-4,6-9H,1-2H2/t3-,4+/i3+1/m0/s1. The van der Waals surface area contributed by atoms with Crippen LogP contribution in [0.15, 0.2) is 0 Å². The Hall–Kier alpha value is -0.490. The molecule has 0 aromatic rings. The first-order valence-electron chi connectivity index (χ1n) is 2.75. The number of carbonyl (C=O) groups excluding carboxylic acids is 1. The molecule has 0 aromatic carbocycles. The summed E-state index contributed by atoms with van der Waals surface area (Å²) in [5.74, 6) is -0.968. The molecule has 0 radical (unpaired) electrons. The van der Waals surface area contributed by atoms with Gasteiger partial charge in [0.1, 0.15) is 12.2 Å². The molecule has 2 atom stereocenters. The number of aliphatic hydroxyl groups excluding tert-OH is 4. The van der Waals surface area contributed by atoms with Gasteiger partial charge in [0, 0.05) is 0 Å². The predicted octanol–water partition coefficient (Wildman–Crippen LogP) is -2.74. The molecule has 10 heavy (non-hydrogen) atoms. The zero-order chi connectivity index (χ0) is 8.15. The first-order chi connectivity index (χ1) is 4.63. The molecule has 0 fully saturated rings. The first kappa shape index (κ1) is 9.51. The van der Waals surface area contributed by atoms with Crippen LogP contribution in [0, 0.1) is 0 Å². The molecule has 5 heteroatoms. The van der Waals surface area contributed by atoms with Gasteiger partial charge in [-0.3, -0.25) is 4.79 Å². The molecule has 0 saturated carbocycles. The first-order valence-corrected chi connectivity index (χ1v) is 2.75. The molecule has 0 heterocycles. The summed E-state index contributed by atoms with van der Waals surface area (Å²) in [6, 6.07) is 0. The second kappa shape index (κ2) is 4.35. The molecule has 0 aliphatic carbocycles. The third-order valence-corrected chi connectivity index (χ3v) is 1.00. The predicted molar refractivity (Wildman–Crippen MR) is 31.2 cm³/mol. The summed E-state index contributed by atoms with van der Waals surface area (Å²) in [5, 5.41) is 33.5. The number of aliphatic hydroxyl groups is 4. The van der Waals surface area contributed by atoms with E-state index in [1.165, 1.54) is 0 Å². The van der Waals surface area contributed by atoms with Crippen LogP contribution in [0.2, 0.25) is 0 Å². The van der Waals surface area contributed by atoms with Crippen LogP contribution in [-0.4, -0.2) is 51.6 Å². The molecule has 60 valence electrons. The Balaban J connectivity index is 3.82. The maximum absolute atomic E-state index is 10.5. The highest BCUT2D eigenvalue weighted by Gasteiger charge is 2.21. The van der Waals surface area contributed by atoms with Crippen LogP contribution in [0.4, 0.5) is 0 Å². The van der Waals surface area contributed by atoms with Crippen molar-refractivity contribution in [1.82, 2.24) is 0 Å². The molecule has 0 aromatic heterocycles. The van der Waals surface area contributed by atoms with E-state index in [9.17, 15) is 4.79 Å². The Morgan fingerprint density at radius 1 is 1.10 bits per heavy atom. The molecule has 4 N–H and O–H groups in total. The van der Waals surface area contributed by atoms with Crippen LogP contribution in [0.3, 0.4) is 0 Å². The largest absolute Gasteiger partial charge is 0.393 e. The van der Waals surface area contributed by atoms with E-state index < -0.39 is 31.2 Å². The normalized spacial score (nSPS) is 16.4. The van der Waals surface area contributed by atoms with Crippen LogP contribution in [0.1, 0.15) is 0 Å². The summed E-state index contributed by atoms with van der Waals surface area (Å²) < 4.78 is 0. The fourth-order valence-corrected chi connectivity index (χ4v) is 0.402. The van der Waals surface area contributed by atoms with Crippen LogP contribution in [-0.2, 0) is 4.79 Å². The number of hydrogen-bond donors (Lipinski definition) is 4. The number of carbonyl (C=O) groups is 1. The van der Waals surface area contributed by atoms with E-state index in [0.29, 0.717) is 0 Å². The maximum Gasteiger partial charge on any atom is 0.194 e. The zero-order valence-corrected chi connectivity index (χ0v) is 5.27. The molecule has 0 saturated heterocycles. The molecule has 0 aliphatic heterocycles. The third-order valence-electron chi connectivity index (χ3n) is 1.00. The Morgan fingerprint density at radius 2 is 1.40 bits per heavy atom. The van der Waals surface area contributed by atoms with Crippen molar-refractivity contribution in [3.8, 4) is 0 Å². The van der Waals surface area contributed by atoms with Crippen LogP contribution < -0.4 is 0 Å². The van der Waals surface area contributed by atoms with Gasteiger partial charge in [-0.05, 0) is 0 Å². The van der Waals surface area contributed by atoms with Crippen LogP contribution in [0.25, 0.3) is 0 Å². The Kier molecular flexibility index (Phi) is 4.13. The third kappa shape index (κ3) is 2.40. The molecular weight excluding hydrogens is 141 g/mol. The highest BCUT2D eigenvalue weighted by molar-refractivity contribution is 5.87. The summed E-state index contributed by atoms with van der Waals surface area (Å²) in [6.45, 7) is -1.48. The summed E-state index contributed by atoms with van der Waals surface area (Å²) >= 11 is 0. The van der Waals surface area contributed by atoms with Gasteiger partial charge in [-0.1, -0.05) is 0 Å². The van der Waals surface area contributed by atoms with E-state index in [2.05, 4.69) is 0 Å².